The summed E-state index contributed by atoms with van der Waals surface area (Å²) in [6, 6.07) is 1.77. The highest BCUT2D eigenvalue weighted by Crippen LogP contribution is 2.55. The van der Waals surface area contributed by atoms with E-state index in [0.29, 0.717) is 36.1 Å². The van der Waals surface area contributed by atoms with E-state index in [9.17, 15) is 30.3 Å². The third-order valence-corrected chi connectivity index (χ3v) is 8.09. The minimum absolute atomic E-state index is 0.0256. The minimum atomic E-state index is -1.78. The summed E-state index contributed by atoms with van der Waals surface area (Å²) in [4.78, 5) is 12.7. The molecule has 3 aliphatic rings. The standard InChI is InChI=1S/C29H38O9/c1-5-6-7-8-9-16-13-20-22(17-12-15(2)10-11-19(17)29(3,4)38-20)25(21(16)26(33)34)36-28-18(14-30)23(31)24(32)27(35)37-28/h1,12-13,17-19,23-24,27-28,30-32,35H,6-11,14H2,2-4H3,(H,33,34)/t17-,18-,19-,23-,24+,27+,28?/m1/s1. The number of aliphatic hydroxyl groups is 4. The van der Waals surface area contributed by atoms with Crippen molar-refractivity contribution >= 4 is 5.97 Å². The van der Waals surface area contributed by atoms with Crippen molar-refractivity contribution < 1.29 is 44.5 Å². The second kappa shape index (κ2) is 11.2. The first kappa shape index (κ1) is 28.4. The monoisotopic (exact) mass is 530 g/mol. The van der Waals surface area contributed by atoms with Gasteiger partial charge in [-0.1, -0.05) is 11.6 Å². The molecular weight excluding hydrogens is 492 g/mol. The van der Waals surface area contributed by atoms with E-state index in [1.54, 1.807) is 6.07 Å². The van der Waals surface area contributed by atoms with Crippen molar-refractivity contribution in [2.75, 3.05) is 6.61 Å². The van der Waals surface area contributed by atoms with Crippen LogP contribution in [-0.2, 0) is 11.2 Å². The number of terminal acetylenes is 1. The third-order valence-electron chi connectivity index (χ3n) is 8.09. The molecule has 0 aromatic heterocycles. The van der Waals surface area contributed by atoms with Gasteiger partial charge in [0.15, 0.2) is 6.29 Å². The van der Waals surface area contributed by atoms with Crippen molar-refractivity contribution in [3.05, 3.63) is 34.4 Å². The molecule has 2 heterocycles. The van der Waals surface area contributed by atoms with Crippen LogP contribution in [0.5, 0.6) is 11.5 Å². The molecule has 5 N–H and O–H groups in total. The fourth-order valence-electron chi connectivity index (χ4n) is 6.02. The summed E-state index contributed by atoms with van der Waals surface area (Å²) in [5.41, 5.74) is 1.66. The van der Waals surface area contributed by atoms with Gasteiger partial charge in [0.05, 0.1) is 18.6 Å². The molecule has 1 unspecified atom stereocenters. The molecular formula is C29H38O9. The van der Waals surface area contributed by atoms with Gasteiger partial charge in [-0.25, -0.2) is 4.79 Å². The van der Waals surface area contributed by atoms with Gasteiger partial charge in [-0.15, -0.1) is 12.3 Å². The van der Waals surface area contributed by atoms with Gasteiger partial charge in [-0.3, -0.25) is 0 Å². The van der Waals surface area contributed by atoms with Crippen LogP contribution in [0.2, 0.25) is 0 Å². The molecule has 9 nitrogen and oxygen atoms in total. The van der Waals surface area contributed by atoms with Gasteiger partial charge in [0.1, 0.15) is 28.8 Å². The maximum Gasteiger partial charge on any atom is 0.339 e. The maximum atomic E-state index is 12.7. The lowest BCUT2D eigenvalue weighted by molar-refractivity contribution is -0.313. The smallest absolute Gasteiger partial charge is 0.339 e. The predicted octanol–water partition coefficient (Wildman–Crippen LogP) is 2.73. The summed E-state index contributed by atoms with van der Waals surface area (Å²) in [6.45, 7) is 5.47. The second-order valence-electron chi connectivity index (χ2n) is 11.1. The zero-order chi connectivity index (χ0) is 27.8. The van der Waals surface area contributed by atoms with Gasteiger partial charge >= 0.3 is 5.97 Å². The number of rotatable bonds is 8. The first-order chi connectivity index (χ1) is 18.0. The molecule has 1 fully saturated rings. The number of fused-ring (bicyclic) bond motifs is 3. The zero-order valence-electron chi connectivity index (χ0n) is 22.1. The molecule has 4 rings (SSSR count). The Kier molecular flexibility index (Phi) is 8.40. The number of carboxylic acid groups (broad SMARTS) is 1. The van der Waals surface area contributed by atoms with Gasteiger partial charge in [-0.05, 0) is 64.5 Å². The molecule has 1 saturated heterocycles. The number of carbonyl (C=O) groups is 1. The Labute approximate surface area is 223 Å². The van der Waals surface area contributed by atoms with Gasteiger partial charge in [-0.2, -0.15) is 0 Å². The first-order valence-corrected chi connectivity index (χ1v) is 13.2. The molecule has 9 heteroatoms. The number of carboxylic acids is 1. The summed E-state index contributed by atoms with van der Waals surface area (Å²) in [5, 5.41) is 51.1. The number of aliphatic hydroxyl groups excluding tert-OH is 4. The van der Waals surface area contributed by atoms with Crippen LogP contribution >= 0.6 is 0 Å². The van der Waals surface area contributed by atoms with Crippen LogP contribution in [0.15, 0.2) is 17.7 Å². The molecule has 1 aliphatic carbocycles. The molecule has 38 heavy (non-hydrogen) atoms. The maximum absolute atomic E-state index is 12.7. The summed E-state index contributed by atoms with van der Waals surface area (Å²) in [6.07, 6.45) is 5.20. The summed E-state index contributed by atoms with van der Waals surface area (Å²) < 4.78 is 18.2. The molecule has 208 valence electrons. The predicted molar refractivity (Wildman–Crippen MR) is 138 cm³/mol. The first-order valence-electron chi connectivity index (χ1n) is 13.2. The number of aromatic carboxylic acids is 1. The Morgan fingerprint density at radius 1 is 1.24 bits per heavy atom. The SMILES string of the molecule is C#CCCCCc1cc2c(c(OC3O[C@H](O)[C@@H](O)[C@H](O)[C@H]3CO)c1C(=O)O)[C@@H]1C=C(C)CC[C@H]1C(C)(C)O2. The normalized spacial score (nSPS) is 31.7. The topological polar surface area (TPSA) is 146 Å². The highest BCUT2D eigenvalue weighted by Gasteiger charge is 2.49. The van der Waals surface area contributed by atoms with Crippen LogP contribution in [-0.4, -0.2) is 68.5 Å². The molecule has 1 aromatic carbocycles. The van der Waals surface area contributed by atoms with Gasteiger partial charge in [0, 0.05) is 23.8 Å². The van der Waals surface area contributed by atoms with Gasteiger partial charge in [0.2, 0.25) is 6.29 Å². The van der Waals surface area contributed by atoms with E-state index in [1.807, 2.05) is 20.8 Å². The summed E-state index contributed by atoms with van der Waals surface area (Å²) >= 11 is 0. The number of ether oxygens (including phenoxy) is 3. The van der Waals surface area contributed by atoms with Crippen LogP contribution in [0.25, 0.3) is 0 Å². The van der Waals surface area contributed by atoms with E-state index < -0.39 is 48.9 Å². The Balaban J connectivity index is 1.89. The number of hydrogen-bond donors (Lipinski definition) is 5. The quantitative estimate of drug-likeness (QED) is 0.195. The van der Waals surface area contributed by atoms with Crippen LogP contribution in [0.3, 0.4) is 0 Å². The number of unbranched alkanes of at least 4 members (excludes halogenated alkanes) is 2. The van der Waals surface area contributed by atoms with Gasteiger partial charge < -0.3 is 39.7 Å². The third kappa shape index (κ3) is 5.29. The summed E-state index contributed by atoms with van der Waals surface area (Å²) in [5.74, 6) is 0.629. The van der Waals surface area contributed by atoms with E-state index in [2.05, 4.69) is 12.0 Å². The molecule has 0 saturated carbocycles. The molecule has 2 aliphatic heterocycles. The molecule has 0 amide bonds. The van der Waals surface area contributed by atoms with Crippen molar-refractivity contribution in [3.8, 4) is 23.8 Å². The van der Waals surface area contributed by atoms with Crippen LogP contribution in [0.1, 0.15) is 80.3 Å². The van der Waals surface area contributed by atoms with Gasteiger partial charge in [0.25, 0.3) is 0 Å². The lowest BCUT2D eigenvalue weighted by atomic mass is 9.67. The highest BCUT2D eigenvalue weighted by molar-refractivity contribution is 5.94. The second-order valence-corrected chi connectivity index (χ2v) is 11.1. The van der Waals surface area contributed by atoms with Crippen molar-refractivity contribution in [2.24, 2.45) is 11.8 Å². The number of aryl methyl sites for hydroxylation is 1. The van der Waals surface area contributed by atoms with Crippen molar-refractivity contribution in [3.63, 3.8) is 0 Å². The Morgan fingerprint density at radius 3 is 2.63 bits per heavy atom. The van der Waals surface area contributed by atoms with Crippen LogP contribution in [0.4, 0.5) is 0 Å². The Bertz CT molecular complexity index is 1120. The Morgan fingerprint density at radius 2 is 1.97 bits per heavy atom. The van der Waals surface area contributed by atoms with Crippen LogP contribution < -0.4 is 9.47 Å². The van der Waals surface area contributed by atoms with E-state index in [0.717, 1.165) is 19.3 Å². The average molecular weight is 531 g/mol. The zero-order valence-corrected chi connectivity index (χ0v) is 22.1. The van der Waals surface area contributed by atoms with Crippen molar-refractivity contribution in [1.29, 1.82) is 0 Å². The van der Waals surface area contributed by atoms with E-state index >= 15 is 0 Å². The van der Waals surface area contributed by atoms with E-state index in [-0.39, 0.29) is 23.1 Å². The van der Waals surface area contributed by atoms with E-state index in [1.165, 1.54) is 5.57 Å². The molecule has 1 aromatic rings. The fraction of sp³-hybridized carbons (Fsp3) is 0.621. The molecule has 7 atom stereocenters. The minimum Gasteiger partial charge on any atom is -0.487 e. The average Bonchev–Trinajstić information content (AvgIpc) is 2.84. The fourth-order valence-corrected chi connectivity index (χ4v) is 6.02. The molecule has 0 spiro atoms. The number of hydrogen-bond acceptors (Lipinski definition) is 8. The highest BCUT2D eigenvalue weighted by atomic mass is 16.7. The summed E-state index contributed by atoms with van der Waals surface area (Å²) in [7, 11) is 0. The molecule has 0 bridgehead atoms. The Hall–Kier alpha value is -2.61. The van der Waals surface area contributed by atoms with Crippen molar-refractivity contribution in [2.45, 2.75) is 95.6 Å². The van der Waals surface area contributed by atoms with E-state index in [4.69, 9.17) is 20.6 Å². The lowest BCUT2D eigenvalue weighted by Crippen LogP contribution is -2.57. The molecule has 0 radical (unpaired) electrons. The number of allylic oxidation sites excluding steroid dienone is 2. The largest absolute Gasteiger partial charge is 0.487 e. The van der Waals surface area contributed by atoms with Crippen LogP contribution in [0, 0.1) is 24.2 Å². The number of benzene rings is 1. The lowest BCUT2D eigenvalue weighted by Gasteiger charge is -2.47. The van der Waals surface area contributed by atoms with Crippen molar-refractivity contribution in [1.82, 2.24) is 0 Å².